The summed E-state index contributed by atoms with van der Waals surface area (Å²) in [5, 5.41) is 3.05. The maximum Gasteiger partial charge on any atom is 0.290 e. The predicted octanol–water partition coefficient (Wildman–Crippen LogP) is 4.32. The lowest BCUT2D eigenvalue weighted by atomic mass is 9.94. The number of carbonyl (C=O) groups excluding carboxylic acids is 2. The van der Waals surface area contributed by atoms with Crippen LogP contribution in [0, 0.1) is 0 Å². The van der Waals surface area contributed by atoms with E-state index in [-0.39, 0.29) is 17.9 Å². The molecule has 1 atom stereocenters. The molecule has 0 radical (unpaired) electrons. The highest BCUT2D eigenvalue weighted by molar-refractivity contribution is 6.00. The van der Waals surface area contributed by atoms with E-state index < -0.39 is 0 Å². The Kier molecular flexibility index (Phi) is 5.22. The molecule has 2 amide bonds. The molecule has 6 nitrogen and oxygen atoms in total. The zero-order valence-electron chi connectivity index (χ0n) is 17.9. The lowest BCUT2D eigenvalue weighted by Crippen LogP contribution is -2.47. The van der Waals surface area contributed by atoms with E-state index in [1.165, 1.54) is 19.3 Å². The van der Waals surface area contributed by atoms with Gasteiger partial charge in [-0.1, -0.05) is 49.6 Å². The lowest BCUT2D eigenvalue weighted by Gasteiger charge is -2.36. The molecule has 160 valence electrons. The molecule has 1 aromatic heterocycles. The van der Waals surface area contributed by atoms with Gasteiger partial charge in [0.15, 0.2) is 5.82 Å². The fraction of sp³-hybridized carbons (Fsp3) is 0.400. The Hall–Kier alpha value is -3.15. The second-order valence-electron chi connectivity index (χ2n) is 8.69. The number of rotatable bonds is 4. The van der Waals surface area contributed by atoms with E-state index in [9.17, 15) is 9.59 Å². The smallest absolute Gasteiger partial charge is 0.290 e. The van der Waals surface area contributed by atoms with Crippen molar-refractivity contribution in [2.75, 3.05) is 6.54 Å². The minimum atomic E-state index is -0.139. The van der Waals surface area contributed by atoms with Crippen LogP contribution < -0.4 is 5.32 Å². The number of nitrogens with one attached hydrogen (secondary N) is 1. The molecule has 1 unspecified atom stereocenters. The molecule has 3 aromatic rings. The van der Waals surface area contributed by atoms with Crippen LogP contribution in [0.1, 0.15) is 71.6 Å². The summed E-state index contributed by atoms with van der Waals surface area (Å²) in [6, 6.07) is 15.7. The van der Waals surface area contributed by atoms with Crippen LogP contribution in [0.5, 0.6) is 0 Å². The number of amides is 2. The Morgan fingerprint density at radius 3 is 2.61 bits per heavy atom. The average molecular weight is 417 g/mol. The Morgan fingerprint density at radius 1 is 1.06 bits per heavy atom. The standard InChI is InChI=1S/C25H28N4O2/c1-17(18-8-4-2-5-9-18)26-24(30)19-12-13-22-21(16-19)27-23-25(31)28(14-15-29(22)23)20-10-6-3-7-11-20/h2,4-5,8-9,12-13,16-17,20H,3,6-7,10-11,14-15H2,1H3,(H,26,30). The van der Waals surface area contributed by atoms with E-state index in [2.05, 4.69) is 10.3 Å². The summed E-state index contributed by atoms with van der Waals surface area (Å²) in [6.07, 6.45) is 5.85. The summed E-state index contributed by atoms with van der Waals surface area (Å²) < 4.78 is 2.01. The maximum absolute atomic E-state index is 13.2. The molecule has 2 heterocycles. The fourth-order valence-corrected chi connectivity index (χ4v) is 4.94. The Morgan fingerprint density at radius 2 is 1.84 bits per heavy atom. The molecule has 1 saturated carbocycles. The molecule has 0 bridgehead atoms. The summed E-state index contributed by atoms with van der Waals surface area (Å²) in [4.78, 5) is 32.7. The zero-order valence-corrected chi connectivity index (χ0v) is 17.9. The van der Waals surface area contributed by atoms with Gasteiger partial charge in [0.2, 0.25) is 0 Å². The van der Waals surface area contributed by atoms with Crippen LogP contribution in [0.15, 0.2) is 48.5 Å². The van der Waals surface area contributed by atoms with Gasteiger partial charge in [0.05, 0.1) is 17.1 Å². The van der Waals surface area contributed by atoms with E-state index in [1.807, 2.05) is 58.9 Å². The highest BCUT2D eigenvalue weighted by Crippen LogP contribution is 2.28. The first-order valence-corrected chi connectivity index (χ1v) is 11.3. The van der Waals surface area contributed by atoms with Gasteiger partial charge in [-0.3, -0.25) is 9.59 Å². The van der Waals surface area contributed by atoms with Gasteiger partial charge in [0, 0.05) is 24.7 Å². The second-order valence-corrected chi connectivity index (χ2v) is 8.69. The monoisotopic (exact) mass is 416 g/mol. The zero-order chi connectivity index (χ0) is 21.4. The molecule has 1 aliphatic carbocycles. The highest BCUT2D eigenvalue weighted by Gasteiger charge is 2.33. The molecule has 1 N–H and O–H groups in total. The van der Waals surface area contributed by atoms with Crippen LogP contribution in [-0.4, -0.2) is 38.9 Å². The van der Waals surface area contributed by atoms with Gasteiger partial charge in [0.25, 0.3) is 11.8 Å². The van der Waals surface area contributed by atoms with Crippen molar-refractivity contribution < 1.29 is 9.59 Å². The number of hydrogen-bond acceptors (Lipinski definition) is 3. The normalized spacial score (nSPS) is 18.1. The highest BCUT2D eigenvalue weighted by atomic mass is 16.2. The first-order valence-electron chi connectivity index (χ1n) is 11.3. The average Bonchev–Trinajstić information content (AvgIpc) is 3.19. The molecule has 2 aromatic carbocycles. The van der Waals surface area contributed by atoms with Gasteiger partial charge in [-0.15, -0.1) is 0 Å². The molecule has 6 heteroatoms. The van der Waals surface area contributed by atoms with E-state index >= 15 is 0 Å². The van der Waals surface area contributed by atoms with Crippen molar-refractivity contribution in [3.8, 4) is 0 Å². The maximum atomic E-state index is 13.2. The number of hydrogen-bond donors (Lipinski definition) is 1. The van der Waals surface area contributed by atoms with Crippen molar-refractivity contribution in [2.45, 2.75) is 57.7 Å². The molecule has 31 heavy (non-hydrogen) atoms. The summed E-state index contributed by atoms with van der Waals surface area (Å²) >= 11 is 0. The third-order valence-electron chi connectivity index (χ3n) is 6.69. The van der Waals surface area contributed by atoms with E-state index in [1.54, 1.807) is 6.07 Å². The fourth-order valence-electron chi connectivity index (χ4n) is 4.94. The third kappa shape index (κ3) is 3.71. The predicted molar refractivity (Wildman–Crippen MR) is 120 cm³/mol. The van der Waals surface area contributed by atoms with Gasteiger partial charge in [-0.05, 0) is 43.5 Å². The number of fused-ring (bicyclic) bond motifs is 3. The van der Waals surface area contributed by atoms with E-state index in [0.717, 1.165) is 37.0 Å². The van der Waals surface area contributed by atoms with Crippen LogP contribution in [0.3, 0.4) is 0 Å². The van der Waals surface area contributed by atoms with Gasteiger partial charge in [-0.25, -0.2) is 4.98 Å². The summed E-state index contributed by atoms with van der Waals surface area (Å²) in [6.45, 7) is 3.46. The first kappa shape index (κ1) is 19.8. The molecule has 1 aliphatic heterocycles. The van der Waals surface area contributed by atoms with Gasteiger partial charge >= 0.3 is 0 Å². The Labute approximate surface area is 182 Å². The van der Waals surface area contributed by atoms with Crippen molar-refractivity contribution in [1.82, 2.24) is 19.8 Å². The van der Waals surface area contributed by atoms with E-state index in [0.29, 0.717) is 22.9 Å². The molecular weight excluding hydrogens is 388 g/mol. The van der Waals surface area contributed by atoms with Gasteiger partial charge in [0.1, 0.15) is 0 Å². The van der Waals surface area contributed by atoms with Crippen LogP contribution in [0.25, 0.3) is 11.0 Å². The van der Waals surface area contributed by atoms with Gasteiger partial charge < -0.3 is 14.8 Å². The Bertz CT molecular complexity index is 1120. The summed E-state index contributed by atoms with van der Waals surface area (Å²) in [7, 11) is 0. The van der Waals surface area contributed by atoms with Gasteiger partial charge in [-0.2, -0.15) is 0 Å². The summed E-state index contributed by atoms with van der Waals surface area (Å²) in [5.41, 5.74) is 3.23. The van der Waals surface area contributed by atoms with E-state index in [4.69, 9.17) is 0 Å². The van der Waals surface area contributed by atoms with Crippen molar-refractivity contribution in [1.29, 1.82) is 0 Å². The van der Waals surface area contributed by atoms with Crippen LogP contribution >= 0.6 is 0 Å². The summed E-state index contributed by atoms with van der Waals surface area (Å²) in [5.74, 6) is 0.388. The minimum absolute atomic E-state index is 0.0260. The number of carbonyl (C=O) groups is 2. The molecule has 2 aliphatic rings. The van der Waals surface area contributed by atoms with Crippen molar-refractivity contribution >= 4 is 22.8 Å². The SMILES string of the molecule is CC(NC(=O)c1ccc2c(c1)nc1n2CCN(C2CCCCC2)C1=O)c1ccccc1. The van der Waals surface area contributed by atoms with Crippen molar-refractivity contribution in [3.05, 3.63) is 65.5 Å². The number of benzene rings is 2. The molecule has 0 spiro atoms. The van der Waals surface area contributed by atoms with Crippen LogP contribution in [0.4, 0.5) is 0 Å². The third-order valence-corrected chi connectivity index (χ3v) is 6.69. The Balaban J connectivity index is 1.38. The molecule has 5 rings (SSSR count). The second kappa shape index (κ2) is 8.17. The largest absolute Gasteiger partial charge is 0.346 e. The first-order chi connectivity index (χ1) is 15.1. The molecular formula is C25H28N4O2. The number of imidazole rings is 1. The minimum Gasteiger partial charge on any atom is -0.346 e. The van der Waals surface area contributed by atoms with Crippen LogP contribution in [-0.2, 0) is 6.54 Å². The topological polar surface area (TPSA) is 67.2 Å². The number of aromatic nitrogens is 2. The quantitative estimate of drug-likeness (QED) is 0.689. The van der Waals surface area contributed by atoms with Crippen LogP contribution in [0.2, 0.25) is 0 Å². The molecule has 0 saturated heterocycles. The van der Waals surface area contributed by atoms with Crippen molar-refractivity contribution in [2.24, 2.45) is 0 Å². The van der Waals surface area contributed by atoms with Crippen molar-refractivity contribution in [3.63, 3.8) is 0 Å². The lowest BCUT2D eigenvalue weighted by molar-refractivity contribution is 0.0566. The number of nitrogens with zero attached hydrogens (tertiary/aromatic N) is 3. The molecule has 1 fully saturated rings.